The zero-order valence-corrected chi connectivity index (χ0v) is 14.6. The summed E-state index contributed by atoms with van der Waals surface area (Å²) in [6.45, 7) is 14.9. The van der Waals surface area contributed by atoms with E-state index in [1.54, 1.807) is 0 Å². The average Bonchev–Trinajstić information content (AvgIpc) is 2.45. The predicted octanol–water partition coefficient (Wildman–Crippen LogP) is 7.62. The Balaban J connectivity index is -0.000000196. The van der Waals surface area contributed by atoms with E-state index in [-0.39, 0.29) is 0 Å². The van der Waals surface area contributed by atoms with Gasteiger partial charge in [-0.3, -0.25) is 0 Å². The minimum Gasteiger partial charge on any atom is -0.0683 e. The highest BCUT2D eigenvalue weighted by molar-refractivity contribution is 4.59. The van der Waals surface area contributed by atoms with E-state index in [1.165, 1.54) is 64.2 Å². The fraction of sp³-hybridized carbons (Fsp3) is 1.00. The third-order valence-corrected chi connectivity index (χ3v) is 3.10. The van der Waals surface area contributed by atoms with Crippen molar-refractivity contribution in [3.05, 3.63) is 0 Å². The smallest absolute Gasteiger partial charge is 0.0443 e. The van der Waals surface area contributed by atoms with Crippen LogP contribution in [0.15, 0.2) is 0 Å². The molecule has 0 radical (unpaired) electrons. The summed E-state index contributed by atoms with van der Waals surface area (Å²) in [5, 5.41) is 0. The topological polar surface area (TPSA) is 0 Å². The molecule has 0 nitrogen and oxygen atoms in total. The van der Waals surface area contributed by atoms with Crippen molar-refractivity contribution in [3.63, 3.8) is 0 Å². The Morgan fingerprint density at radius 3 is 1.28 bits per heavy atom. The van der Waals surface area contributed by atoms with E-state index in [9.17, 15) is 0 Å². The molecule has 18 heavy (non-hydrogen) atoms. The van der Waals surface area contributed by atoms with Crippen molar-refractivity contribution in [2.45, 2.75) is 113 Å². The summed E-state index contributed by atoms with van der Waals surface area (Å²) in [4.78, 5) is 0. The molecule has 1 fully saturated rings. The summed E-state index contributed by atoms with van der Waals surface area (Å²) in [5.41, 5.74) is 0. The Hall–Kier alpha value is 0. The summed E-state index contributed by atoms with van der Waals surface area (Å²) >= 11 is 0. The molecule has 0 aromatic carbocycles. The molecule has 1 rings (SSSR count). The summed E-state index contributed by atoms with van der Waals surface area (Å²) in [6.07, 6.45) is 14.4. The van der Waals surface area contributed by atoms with Crippen molar-refractivity contribution in [3.8, 4) is 0 Å². The van der Waals surface area contributed by atoms with Gasteiger partial charge in [0.1, 0.15) is 0 Å². The molecule has 114 valence electrons. The molecular weight excluding hydrogens is 216 g/mol. The Kier molecular flexibility index (Phi) is 33.1. The normalized spacial score (nSPS) is 14.2. The van der Waals surface area contributed by atoms with Crippen molar-refractivity contribution < 1.29 is 0 Å². The van der Waals surface area contributed by atoms with Gasteiger partial charge in [-0.15, -0.1) is 0 Å². The van der Waals surface area contributed by atoms with E-state index in [0.717, 1.165) is 5.92 Å². The minimum atomic E-state index is 1.04. The fourth-order valence-electron chi connectivity index (χ4n) is 1.98. The van der Waals surface area contributed by atoms with Gasteiger partial charge < -0.3 is 0 Å². The summed E-state index contributed by atoms with van der Waals surface area (Å²) < 4.78 is 0. The van der Waals surface area contributed by atoms with Crippen LogP contribution < -0.4 is 0 Å². The molecule has 0 N–H and O–H groups in total. The van der Waals surface area contributed by atoms with E-state index >= 15 is 0 Å². The first-order valence-corrected chi connectivity index (χ1v) is 8.81. The fourth-order valence-corrected chi connectivity index (χ4v) is 1.98. The molecule has 0 amide bonds. The van der Waals surface area contributed by atoms with Crippen LogP contribution in [0.1, 0.15) is 113 Å². The maximum Gasteiger partial charge on any atom is -0.0443 e. The molecule has 0 bridgehead atoms. The molecular formula is C18H42. The van der Waals surface area contributed by atoms with Crippen LogP contribution in [0.5, 0.6) is 0 Å². The molecule has 0 spiro atoms. The van der Waals surface area contributed by atoms with Gasteiger partial charge in [-0.05, 0) is 5.92 Å². The standard InChI is InChI=1S/C7H14.C7H16.2C2H6/c1-7-5-3-2-4-6-7;1-3-5-7-6-4-2;2*1-2/h7H,2-6H2,1H3;3-7H2,1-2H3;2*1-2H3. The Morgan fingerprint density at radius 2 is 1.06 bits per heavy atom. The van der Waals surface area contributed by atoms with Gasteiger partial charge in [0, 0.05) is 0 Å². The monoisotopic (exact) mass is 258 g/mol. The lowest BCUT2D eigenvalue weighted by Crippen LogP contribution is -1.99. The third kappa shape index (κ3) is 25.0. The lowest BCUT2D eigenvalue weighted by molar-refractivity contribution is 0.385. The molecule has 0 saturated heterocycles. The van der Waals surface area contributed by atoms with E-state index in [4.69, 9.17) is 0 Å². The first kappa shape index (κ1) is 23.1. The first-order valence-electron chi connectivity index (χ1n) is 8.81. The Morgan fingerprint density at radius 1 is 0.667 bits per heavy atom. The van der Waals surface area contributed by atoms with Crippen molar-refractivity contribution >= 4 is 0 Å². The Bertz CT molecular complexity index is 86.2. The Labute approximate surface area is 119 Å². The van der Waals surface area contributed by atoms with Crippen molar-refractivity contribution in [2.24, 2.45) is 5.92 Å². The van der Waals surface area contributed by atoms with Crippen LogP contribution in [0, 0.1) is 5.92 Å². The van der Waals surface area contributed by atoms with E-state index in [1.807, 2.05) is 27.7 Å². The SMILES string of the molecule is CC.CC.CC1CCCCC1.CCCCCCC. The molecule has 0 atom stereocenters. The minimum absolute atomic E-state index is 1.04. The van der Waals surface area contributed by atoms with Crippen molar-refractivity contribution in [2.75, 3.05) is 0 Å². The van der Waals surface area contributed by atoms with E-state index in [0.29, 0.717) is 0 Å². The maximum atomic E-state index is 2.36. The second kappa shape index (κ2) is 25.8. The van der Waals surface area contributed by atoms with E-state index in [2.05, 4.69) is 20.8 Å². The molecule has 0 unspecified atom stereocenters. The van der Waals surface area contributed by atoms with Crippen molar-refractivity contribution in [1.29, 1.82) is 0 Å². The maximum absolute atomic E-state index is 2.36. The van der Waals surface area contributed by atoms with Gasteiger partial charge in [-0.25, -0.2) is 0 Å². The third-order valence-electron chi connectivity index (χ3n) is 3.10. The average molecular weight is 259 g/mol. The molecule has 0 aromatic rings. The molecule has 1 aliphatic rings. The molecule has 0 heterocycles. The molecule has 0 aliphatic heterocycles. The lowest BCUT2D eigenvalue weighted by atomic mass is 9.91. The predicted molar refractivity (Wildman–Crippen MR) is 89.4 cm³/mol. The van der Waals surface area contributed by atoms with Crippen LogP contribution in [0.2, 0.25) is 0 Å². The van der Waals surface area contributed by atoms with Crippen LogP contribution in [0.3, 0.4) is 0 Å². The summed E-state index contributed by atoms with van der Waals surface area (Å²) in [6, 6.07) is 0. The van der Waals surface area contributed by atoms with Gasteiger partial charge in [-0.2, -0.15) is 0 Å². The summed E-state index contributed by atoms with van der Waals surface area (Å²) in [7, 11) is 0. The van der Waals surface area contributed by atoms with Gasteiger partial charge in [0.05, 0.1) is 0 Å². The van der Waals surface area contributed by atoms with Gasteiger partial charge in [-0.1, -0.05) is 113 Å². The molecule has 0 aromatic heterocycles. The van der Waals surface area contributed by atoms with Crippen LogP contribution in [-0.2, 0) is 0 Å². The van der Waals surface area contributed by atoms with Gasteiger partial charge in [0.15, 0.2) is 0 Å². The summed E-state index contributed by atoms with van der Waals surface area (Å²) in [5.74, 6) is 1.04. The molecule has 1 aliphatic carbocycles. The quantitative estimate of drug-likeness (QED) is 0.455. The second-order valence-electron chi connectivity index (χ2n) is 4.80. The second-order valence-corrected chi connectivity index (χ2v) is 4.80. The highest BCUT2D eigenvalue weighted by atomic mass is 14.1. The largest absolute Gasteiger partial charge is 0.0683 e. The zero-order valence-electron chi connectivity index (χ0n) is 14.6. The van der Waals surface area contributed by atoms with Crippen molar-refractivity contribution in [1.82, 2.24) is 0 Å². The van der Waals surface area contributed by atoms with Gasteiger partial charge in [0.25, 0.3) is 0 Å². The van der Waals surface area contributed by atoms with Gasteiger partial charge in [0.2, 0.25) is 0 Å². The zero-order chi connectivity index (χ0) is 14.6. The molecule has 0 heteroatoms. The van der Waals surface area contributed by atoms with E-state index < -0.39 is 0 Å². The first-order chi connectivity index (χ1) is 8.81. The number of rotatable bonds is 4. The van der Waals surface area contributed by atoms with Crippen LogP contribution in [0.25, 0.3) is 0 Å². The molecule has 1 saturated carbocycles. The highest BCUT2D eigenvalue weighted by Crippen LogP contribution is 2.22. The van der Waals surface area contributed by atoms with Crippen LogP contribution >= 0.6 is 0 Å². The number of hydrogen-bond donors (Lipinski definition) is 0. The number of hydrogen-bond acceptors (Lipinski definition) is 0. The highest BCUT2D eigenvalue weighted by Gasteiger charge is 2.05. The van der Waals surface area contributed by atoms with Gasteiger partial charge >= 0.3 is 0 Å². The van der Waals surface area contributed by atoms with Crippen LogP contribution in [-0.4, -0.2) is 0 Å². The van der Waals surface area contributed by atoms with Crippen LogP contribution in [0.4, 0.5) is 0 Å². The lowest BCUT2D eigenvalue weighted by Gasteiger charge is -2.15. The number of unbranched alkanes of at least 4 members (excludes halogenated alkanes) is 4.